The molecule has 1 N–H and O–H groups in total. The third kappa shape index (κ3) is 4.15. The van der Waals surface area contributed by atoms with Gasteiger partial charge in [0.15, 0.2) is 0 Å². The van der Waals surface area contributed by atoms with Crippen molar-refractivity contribution in [3.05, 3.63) is 70.8 Å². The van der Waals surface area contributed by atoms with E-state index in [4.69, 9.17) is 4.98 Å². The van der Waals surface area contributed by atoms with Gasteiger partial charge in [-0.25, -0.2) is 4.98 Å². The molecule has 5 nitrogen and oxygen atoms in total. The molecule has 0 spiro atoms. The van der Waals surface area contributed by atoms with E-state index >= 15 is 0 Å². The Bertz CT molecular complexity index is 1040. The highest BCUT2D eigenvalue weighted by atomic mass is 16.1. The Labute approximate surface area is 170 Å². The van der Waals surface area contributed by atoms with Crippen LogP contribution in [0.4, 0.5) is 0 Å². The molecular formula is C24H26N4O. The summed E-state index contributed by atoms with van der Waals surface area (Å²) in [5, 5.41) is 0. The minimum Gasteiger partial charge on any atom is -0.306 e. The van der Waals surface area contributed by atoms with Crippen LogP contribution < -0.4 is 5.56 Å². The van der Waals surface area contributed by atoms with E-state index in [0.717, 1.165) is 35.5 Å². The number of hydrogen-bond donors (Lipinski definition) is 1. The van der Waals surface area contributed by atoms with Crippen LogP contribution in [0.5, 0.6) is 0 Å². The number of hydrogen-bond acceptors (Lipinski definition) is 4. The molecule has 2 aromatic heterocycles. The van der Waals surface area contributed by atoms with Gasteiger partial charge in [0.05, 0.1) is 5.69 Å². The maximum Gasteiger partial charge on any atom is 0.251 e. The second-order valence-corrected chi connectivity index (χ2v) is 8.50. The zero-order chi connectivity index (χ0) is 19.8. The zero-order valence-electron chi connectivity index (χ0n) is 16.7. The van der Waals surface area contributed by atoms with Gasteiger partial charge in [-0.3, -0.25) is 14.7 Å². The largest absolute Gasteiger partial charge is 0.306 e. The minimum atomic E-state index is -0.146. The lowest BCUT2D eigenvalue weighted by Gasteiger charge is -2.28. The molecular weight excluding hydrogens is 360 g/mol. The van der Waals surface area contributed by atoms with Crippen molar-refractivity contribution in [3.8, 4) is 22.6 Å². The Morgan fingerprint density at radius 2 is 1.76 bits per heavy atom. The molecule has 0 saturated heterocycles. The molecule has 2 aliphatic carbocycles. The van der Waals surface area contributed by atoms with E-state index in [1.54, 1.807) is 12.4 Å². The fourth-order valence-corrected chi connectivity index (χ4v) is 4.46. The smallest absolute Gasteiger partial charge is 0.251 e. The lowest BCUT2D eigenvalue weighted by Crippen LogP contribution is -2.34. The Hall–Kier alpha value is -2.79. The van der Waals surface area contributed by atoms with Crippen LogP contribution in [0.1, 0.15) is 31.2 Å². The van der Waals surface area contributed by atoms with Crippen molar-refractivity contribution < 1.29 is 0 Å². The fourth-order valence-electron chi connectivity index (χ4n) is 4.46. The predicted molar refractivity (Wildman–Crippen MR) is 114 cm³/mol. The molecule has 29 heavy (non-hydrogen) atoms. The summed E-state index contributed by atoms with van der Waals surface area (Å²) in [6.07, 6.45) is 8.98. The van der Waals surface area contributed by atoms with Crippen LogP contribution in [-0.2, 0) is 6.54 Å². The Balaban J connectivity index is 1.41. The quantitative estimate of drug-likeness (QED) is 0.663. The van der Waals surface area contributed by atoms with E-state index in [1.807, 2.05) is 18.2 Å². The molecule has 0 amide bonds. The summed E-state index contributed by atoms with van der Waals surface area (Å²) in [6, 6.07) is 14.4. The average molecular weight is 386 g/mol. The third-order valence-electron chi connectivity index (χ3n) is 6.07. The molecule has 148 valence electrons. The van der Waals surface area contributed by atoms with Gasteiger partial charge in [0.25, 0.3) is 5.56 Å². The van der Waals surface area contributed by atoms with Crippen molar-refractivity contribution in [2.45, 2.75) is 38.3 Å². The first-order valence-electron chi connectivity index (χ1n) is 10.5. The SMILES string of the molecule is CN(Cc1cccc(-c2nc(-c3ccncc3)cc(=O)[nH]2)c1)C(C1CC1)C1CC1. The first kappa shape index (κ1) is 18.3. The molecule has 0 bridgehead atoms. The summed E-state index contributed by atoms with van der Waals surface area (Å²) < 4.78 is 0. The van der Waals surface area contributed by atoms with Gasteiger partial charge in [-0.1, -0.05) is 18.2 Å². The third-order valence-corrected chi connectivity index (χ3v) is 6.07. The van der Waals surface area contributed by atoms with E-state index in [2.05, 4.69) is 40.1 Å². The molecule has 5 heteroatoms. The maximum atomic E-state index is 12.3. The highest BCUT2D eigenvalue weighted by Gasteiger charge is 2.43. The van der Waals surface area contributed by atoms with E-state index in [0.29, 0.717) is 11.5 Å². The number of nitrogens with zero attached hydrogens (tertiary/aromatic N) is 3. The number of aromatic nitrogens is 3. The second-order valence-electron chi connectivity index (χ2n) is 8.50. The zero-order valence-corrected chi connectivity index (χ0v) is 16.7. The number of H-pyrrole nitrogens is 1. The molecule has 2 aliphatic rings. The van der Waals surface area contributed by atoms with Crippen LogP contribution in [-0.4, -0.2) is 32.9 Å². The highest BCUT2D eigenvalue weighted by Crippen LogP contribution is 2.47. The van der Waals surface area contributed by atoms with Crippen LogP contribution in [0.15, 0.2) is 59.7 Å². The van der Waals surface area contributed by atoms with Gasteiger partial charge in [-0.15, -0.1) is 0 Å². The van der Waals surface area contributed by atoms with Gasteiger partial charge in [-0.2, -0.15) is 0 Å². The first-order chi connectivity index (χ1) is 14.2. The summed E-state index contributed by atoms with van der Waals surface area (Å²) in [5.74, 6) is 2.39. The van der Waals surface area contributed by atoms with Crippen molar-refractivity contribution >= 4 is 0 Å². The lowest BCUT2D eigenvalue weighted by atomic mass is 10.0. The number of benzene rings is 1. The number of nitrogens with one attached hydrogen (secondary N) is 1. The van der Waals surface area contributed by atoms with Gasteiger partial charge in [0.2, 0.25) is 0 Å². The molecule has 0 radical (unpaired) electrons. The minimum absolute atomic E-state index is 0.146. The molecule has 1 aromatic carbocycles. The molecule has 2 saturated carbocycles. The molecule has 0 aliphatic heterocycles. The Kier molecular flexibility index (Phi) is 4.76. The van der Waals surface area contributed by atoms with Crippen molar-refractivity contribution in [3.63, 3.8) is 0 Å². The molecule has 0 atom stereocenters. The lowest BCUT2D eigenvalue weighted by molar-refractivity contribution is 0.187. The van der Waals surface area contributed by atoms with Gasteiger partial charge in [0.1, 0.15) is 5.82 Å². The van der Waals surface area contributed by atoms with Gasteiger partial charge < -0.3 is 4.98 Å². The number of aromatic amines is 1. The van der Waals surface area contributed by atoms with Crippen LogP contribution >= 0.6 is 0 Å². The summed E-state index contributed by atoms with van der Waals surface area (Å²) in [4.78, 5) is 26.4. The van der Waals surface area contributed by atoms with Gasteiger partial charge >= 0.3 is 0 Å². The first-order valence-corrected chi connectivity index (χ1v) is 10.5. The second kappa shape index (κ2) is 7.56. The van der Waals surface area contributed by atoms with Crippen LogP contribution in [0.2, 0.25) is 0 Å². The Morgan fingerprint density at radius 3 is 2.45 bits per heavy atom. The fraction of sp³-hybridized carbons (Fsp3) is 0.375. The average Bonchev–Trinajstić information content (AvgIpc) is 3.65. The molecule has 2 fully saturated rings. The standard InChI is InChI=1S/C24H26N4O/c1-28(23(18-5-6-18)19-7-8-19)15-16-3-2-4-20(13-16)24-26-21(14-22(29)27-24)17-9-11-25-12-10-17/h2-4,9-14,18-19,23H,5-8,15H2,1H3,(H,26,27,29). The van der Waals surface area contributed by atoms with Crippen molar-refractivity contribution in [2.24, 2.45) is 11.8 Å². The van der Waals surface area contributed by atoms with E-state index in [9.17, 15) is 4.79 Å². The topological polar surface area (TPSA) is 61.9 Å². The normalized spacial score (nSPS) is 16.5. The molecule has 0 unspecified atom stereocenters. The molecule has 5 rings (SSSR count). The highest BCUT2D eigenvalue weighted by molar-refractivity contribution is 5.63. The monoisotopic (exact) mass is 386 g/mol. The van der Waals surface area contributed by atoms with Crippen molar-refractivity contribution in [1.29, 1.82) is 0 Å². The van der Waals surface area contributed by atoms with Crippen LogP contribution in [0, 0.1) is 11.8 Å². The van der Waals surface area contributed by atoms with Gasteiger partial charge in [-0.05, 0) is 68.3 Å². The summed E-state index contributed by atoms with van der Waals surface area (Å²) in [5.41, 5.74) is 3.61. The van der Waals surface area contributed by atoms with E-state index in [1.165, 1.54) is 37.3 Å². The van der Waals surface area contributed by atoms with E-state index in [-0.39, 0.29) is 5.56 Å². The molecule has 3 aromatic rings. The van der Waals surface area contributed by atoms with Crippen LogP contribution in [0.25, 0.3) is 22.6 Å². The van der Waals surface area contributed by atoms with Crippen molar-refractivity contribution in [1.82, 2.24) is 19.9 Å². The Morgan fingerprint density at radius 1 is 1.03 bits per heavy atom. The number of pyridine rings is 1. The maximum absolute atomic E-state index is 12.3. The predicted octanol–water partition coefficient (Wildman–Crippen LogP) is 4.12. The van der Waals surface area contributed by atoms with Crippen molar-refractivity contribution in [2.75, 3.05) is 7.05 Å². The molecule has 2 heterocycles. The van der Waals surface area contributed by atoms with E-state index < -0.39 is 0 Å². The van der Waals surface area contributed by atoms with Crippen LogP contribution in [0.3, 0.4) is 0 Å². The summed E-state index contributed by atoms with van der Waals surface area (Å²) >= 11 is 0. The summed E-state index contributed by atoms with van der Waals surface area (Å²) in [6.45, 7) is 0.930. The number of rotatable bonds is 7. The summed E-state index contributed by atoms with van der Waals surface area (Å²) in [7, 11) is 2.26. The van der Waals surface area contributed by atoms with Gasteiger partial charge in [0, 0.05) is 42.2 Å².